The van der Waals surface area contributed by atoms with Crippen molar-refractivity contribution in [1.29, 1.82) is 0 Å². The maximum Gasteiger partial charge on any atom is 0.270 e. The van der Waals surface area contributed by atoms with Gasteiger partial charge in [-0.1, -0.05) is 0 Å². The van der Waals surface area contributed by atoms with Gasteiger partial charge in [-0.3, -0.25) is 4.90 Å². The predicted molar refractivity (Wildman–Crippen MR) is 63.1 cm³/mol. The van der Waals surface area contributed by atoms with Gasteiger partial charge >= 0.3 is 0 Å². The van der Waals surface area contributed by atoms with E-state index in [-0.39, 0.29) is 11.5 Å². The largest absolute Gasteiger partial charge is 0.378 e. The molecule has 1 aliphatic heterocycles. The van der Waals surface area contributed by atoms with Crippen molar-refractivity contribution >= 4 is 0 Å². The van der Waals surface area contributed by atoms with E-state index in [4.69, 9.17) is 4.74 Å². The predicted octanol–water partition coefficient (Wildman–Crippen LogP) is 3.05. The first kappa shape index (κ1) is 13.0. The monoisotopic (exact) mass is 245 g/mol. The van der Waals surface area contributed by atoms with Gasteiger partial charge in [0.15, 0.2) is 0 Å². The lowest BCUT2D eigenvalue weighted by Gasteiger charge is -2.23. The second-order valence-electron chi connectivity index (χ2n) is 5.68. The van der Waals surface area contributed by atoms with Crippen LogP contribution in [-0.4, -0.2) is 37.2 Å². The van der Waals surface area contributed by atoms with E-state index in [0.29, 0.717) is 18.5 Å². The molecule has 0 aromatic heterocycles. The third-order valence-corrected chi connectivity index (χ3v) is 3.65. The van der Waals surface area contributed by atoms with Gasteiger partial charge in [0.1, 0.15) is 0 Å². The topological polar surface area (TPSA) is 12.5 Å². The van der Waals surface area contributed by atoms with Gasteiger partial charge in [0.25, 0.3) is 6.08 Å². The Balaban J connectivity index is 1.80. The third kappa shape index (κ3) is 3.49. The fourth-order valence-corrected chi connectivity index (χ4v) is 2.35. The van der Waals surface area contributed by atoms with Crippen LogP contribution in [0.2, 0.25) is 0 Å². The molecule has 98 valence electrons. The number of hydrogen-bond donors (Lipinski definition) is 0. The summed E-state index contributed by atoms with van der Waals surface area (Å²) in [5, 5.41) is 0. The quantitative estimate of drug-likeness (QED) is 0.738. The van der Waals surface area contributed by atoms with Gasteiger partial charge in [-0.25, -0.2) is 0 Å². The maximum atomic E-state index is 12.4. The number of ether oxygens (including phenoxy) is 1. The van der Waals surface area contributed by atoms with Crippen LogP contribution in [0.15, 0.2) is 11.7 Å². The Labute approximate surface area is 102 Å². The van der Waals surface area contributed by atoms with Gasteiger partial charge in [-0.05, 0) is 33.1 Å². The lowest BCUT2D eigenvalue weighted by Crippen LogP contribution is -2.31. The average Bonchev–Trinajstić information content (AvgIpc) is 2.84. The highest BCUT2D eigenvalue weighted by Crippen LogP contribution is 2.47. The smallest absolute Gasteiger partial charge is 0.270 e. The van der Waals surface area contributed by atoms with Crippen molar-refractivity contribution in [3.63, 3.8) is 0 Å². The second kappa shape index (κ2) is 5.02. The molecule has 0 unspecified atom stereocenters. The first-order valence-electron chi connectivity index (χ1n) is 6.38. The average molecular weight is 245 g/mol. The van der Waals surface area contributed by atoms with Crippen LogP contribution in [0, 0.1) is 5.41 Å². The van der Waals surface area contributed by atoms with E-state index >= 15 is 0 Å². The third-order valence-electron chi connectivity index (χ3n) is 3.65. The van der Waals surface area contributed by atoms with E-state index in [2.05, 4.69) is 4.90 Å². The number of rotatable bonds is 5. The summed E-state index contributed by atoms with van der Waals surface area (Å²) in [6.07, 6.45) is 1.66. The van der Waals surface area contributed by atoms with Gasteiger partial charge in [-0.2, -0.15) is 8.78 Å². The Morgan fingerprint density at radius 2 is 2.12 bits per heavy atom. The second-order valence-corrected chi connectivity index (χ2v) is 5.68. The van der Waals surface area contributed by atoms with E-state index in [9.17, 15) is 8.78 Å². The highest BCUT2D eigenvalue weighted by Gasteiger charge is 2.45. The zero-order valence-electron chi connectivity index (χ0n) is 10.6. The Morgan fingerprint density at radius 3 is 2.59 bits per heavy atom. The number of hydrogen-bond acceptors (Lipinski definition) is 2. The molecule has 0 aromatic rings. The first-order chi connectivity index (χ1) is 8.01. The van der Waals surface area contributed by atoms with E-state index < -0.39 is 6.08 Å². The molecule has 0 radical (unpaired) electrons. The van der Waals surface area contributed by atoms with Gasteiger partial charge in [-0.15, -0.1) is 0 Å². The molecule has 17 heavy (non-hydrogen) atoms. The molecule has 0 N–H and O–H groups in total. The molecule has 0 aromatic carbocycles. The Kier molecular flexibility index (Phi) is 3.83. The SMILES string of the molecule is CC(C)OCC1(CN2CCC(=C(F)F)C2)CC1. The first-order valence-corrected chi connectivity index (χ1v) is 6.38. The summed E-state index contributed by atoms with van der Waals surface area (Å²) < 4.78 is 30.6. The molecule has 1 saturated carbocycles. The van der Waals surface area contributed by atoms with E-state index in [0.717, 1.165) is 19.7 Å². The molecular weight excluding hydrogens is 224 g/mol. The summed E-state index contributed by atoms with van der Waals surface area (Å²) in [6.45, 7) is 6.98. The van der Waals surface area contributed by atoms with Crippen molar-refractivity contribution in [2.45, 2.75) is 39.2 Å². The lowest BCUT2D eigenvalue weighted by molar-refractivity contribution is 0.0337. The summed E-state index contributed by atoms with van der Waals surface area (Å²) in [4.78, 5) is 2.14. The van der Waals surface area contributed by atoms with E-state index in [1.165, 1.54) is 12.8 Å². The van der Waals surface area contributed by atoms with Gasteiger partial charge in [0, 0.05) is 30.6 Å². The highest BCUT2D eigenvalue weighted by molar-refractivity contribution is 5.11. The number of nitrogens with zero attached hydrogens (tertiary/aromatic N) is 1. The fourth-order valence-electron chi connectivity index (χ4n) is 2.35. The Morgan fingerprint density at radius 1 is 1.41 bits per heavy atom. The van der Waals surface area contributed by atoms with Crippen molar-refractivity contribution in [3.8, 4) is 0 Å². The van der Waals surface area contributed by atoms with Crippen LogP contribution in [0.3, 0.4) is 0 Å². The molecule has 2 rings (SSSR count). The van der Waals surface area contributed by atoms with Crippen LogP contribution >= 0.6 is 0 Å². The van der Waals surface area contributed by atoms with E-state index in [1.54, 1.807) is 0 Å². The Bertz CT molecular complexity index is 307. The molecule has 4 heteroatoms. The summed E-state index contributed by atoms with van der Waals surface area (Å²) in [7, 11) is 0. The highest BCUT2D eigenvalue weighted by atomic mass is 19.3. The zero-order valence-corrected chi connectivity index (χ0v) is 10.6. The molecule has 1 saturated heterocycles. The molecular formula is C13H21F2NO. The van der Waals surface area contributed by atoms with Crippen molar-refractivity contribution in [1.82, 2.24) is 4.90 Å². The van der Waals surface area contributed by atoms with Gasteiger partial charge in [0.2, 0.25) is 0 Å². The van der Waals surface area contributed by atoms with Gasteiger partial charge < -0.3 is 4.74 Å². The molecule has 0 amide bonds. The minimum atomic E-state index is -1.48. The molecule has 0 bridgehead atoms. The molecule has 2 nitrogen and oxygen atoms in total. The lowest BCUT2D eigenvalue weighted by atomic mass is 10.1. The molecule has 1 aliphatic carbocycles. The van der Waals surface area contributed by atoms with Crippen LogP contribution in [0.4, 0.5) is 8.78 Å². The standard InChI is InChI=1S/C13H21F2NO/c1-10(2)17-9-13(4-5-13)8-16-6-3-11(7-16)12(14)15/h10H,3-9H2,1-2H3. The minimum Gasteiger partial charge on any atom is -0.378 e. The zero-order chi connectivity index (χ0) is 12.5. The van der Waals surface area contributed by atoms with Crippen LogP contribution in [0.25, 0.3) is 0 Å². The molecule has 0 spiro atoms. The van der Waals surface area contributed by atoms with Crippen LogP contribution in [0.1, 0.15) is 33.1 Å². The van der Waals surface area contributed by atoms with E-state index in [1.807, 2.05) is 13.8 Å². The molecule has 2 fully saturated rings. The number of likely N-dealkylation sites (tertiary alicyclic amines) is 1. The van der Waals surface area contributed by atoms with Crippen molar-refractivity contribution < 1.29 is 13.5 Å². The van der Waals surface area contributed by atoms with Crippen LogP contribution in [-0.2, 0) is 4.74 Å². The fraction of sp³-hybridized carbons (Fsp3) is 0.846. The molecule has 2 aliphatic rings. The summed E-state index contributed by atoms with van der Waals surface area (Å²) in [5.41, 5.74) is 0.581. The van der Waals surface area contributed by atoms with Gasteiger partial charge in [0.05, 0.1) is 12.7 Å². The van der Waals surface area contributed by atoms with Crippen molar-refractivity contribution in [2.24, 2.45) is 5.41 Å². The summed E-state index contributed by atoms with van der Waals surface area (Å²) >= 11 is 0. The maximum absolute atomic E-state index is 12.4. The van der Waals surface area contributed by atoms with Crippen LogP contribution < -0.4 is 0 Å². The van der Waals surface area contributed by atoms with Crippen molar-refractivity contribution in [2.75, 3.05) is 26.2 Å². The normalized spacial score (nSPS) is 23.5. The summed E-state index contributed by atoms with van der Waals surface area (Å²) in [6, 6.07) is 0. The molecule has 0 atom stereocenters. The Hall–Kier alpha value is -0.480. The number of halogens is 2. The summed E-state index contributed by atoms with van der Waals surface area (Å²) in [5.74, 6) is 0. The minimum absolute atomic E-state index is 0.254. The molecule has 1 heterocycles. The van der Waals surface area contributed by atoms with Crippen molar-refractivity contribution in [3.05, 3.63) is 11.7 Å². The van der Waals surface area contributed by atoms with Crippen LogP contribution in [0.5, 0.6) is 0 Å².